The lowest BCUT2D eigenvalue weighted by Gasteiger charge is -2.08. The third-order valence-corrected chi connectivity index (χ3v) is 3.81. The third kappa shape index (κ3) is 8.07. The van der Waals surface area contributed by atoms with Gasteiger partial charge in [0.2, 0.25) is 5.91 Å². The molecule has 9 heteroatoms. The van der Waals surface area contributed by atoms with Crippen molar-refractivity contribution in [3.63, 3.8) is 0 Å². The van der Waals surface area contributed by atoms with Crippen molar-refractivity contribution >= 4 is 30.7 Å². The first-order valence-corrected chi connectivity index (χ1v) is 8.59. The topological polar surface area (TPSA) is 99.8 Å². The lowest BCUT2D eigenvalue weighted by molar-refractivity contribution is -0.121. The predicted molar refractivity (Wildman–Crippen MR) is 112 cm³/mol. The molecule has 0 fully saturated rings. The van der Waals surface area contributed by atoms with Gasteiger partial charge in [-0.3, -0.25) is 14.6 Å². The molecular weight excluding hydrogens is 389 g/mol. The molecule has 2 aromatic heterocycles. The second-order valence-corrected chi connectivity index (χ2v) is 5.82. The molecule has 0 spiro atoms. The van der Waals surface area contributed by atoms with Crippen molar-refractivity contribution in [2.24, 2.45) is 0 Å². The molecule has 0 aliphatic rings. The summed E-state index contributed by atoms with van der Waals surface area (Å²) in [5.74, 6) is 0.430. The second kappa shape index (κ2) is 13.2. The number of nitrogens with one attached hydrogen (secondary N) is 3. The van der Waals surface area contributed by atoms with E-state index in [0.29, 0.717) is 30.0 Å². The number of aromatic nitrogens is 3. The number of carbonyl (C=O) groups is 1. The van der Waals surface area contributed by atoms with Crippen molar-refractivity contribution in [3.8, 4) is 11.4 Å². The standard InChI is InChI=1S/C18H25N5O2.2ClH/c1-3-8-19-10-11-21-16(24)7-6-15-13(2)22-17(23-18(15)25)14-5-4-9-20-12-14;;/h4-5,9,12,19H,3,6-8,10-11H2,1-2H3,(H,21,24)(H,22,23,25);2*1H. The maximum atomic E-state index is 12.3. The lowest BCUT2D eigenvalue weighted by atomic mass is 10.1. The fourth-order valence-electron chi connectivity index (χ4n) is 2.46. The van der Waals surface area contributed by atoms with Crippen molar-refractivity contribution < 1.29 is 4.79 Å². The van der Waals surface area contributed by atoms with E-state index < -0.39 is 0 Å². The smallest absolute Gasteiger partial charge is 0.254 e. The summed E-state index contributed by atoms with van der Waals surface area (Å²) in [4.78, 5) is 35.4. The average molecular weight is 416 g/mol. The zero-order valence-electron chi connectivity index (χ0n) is 15.6. The minimum absolute atomic E-state index is 0. The Labute approximate surface area is 171 Å². The van der Waals surface area contributed by atoms with Gasteiger partial charge in [-0.2, -0.15) is 0 Å². The third-order valence-electron chi connectivity index (χ3n) is 3.81. The lowest BCUT2D eigenvalue weighted by Crippen LogP contribution is -2.32. The molecule has 2 aromatic rings. The number of H-pyrrole nitrogens is 1. The number of hydrogen-bond donors (Lipinski definition) is 3. The van der Waals surface area contributed by atoms with Gasteiger partial charge in [-0.05, 0) is 38.4 Å². The number of hydrogen-bond acceptors (Lipinski definition) is 5. The van der Waals surface area contributed by atoms with E-state index in [1.165, 1.54) is 0 Å². The number of pyridine rings is 1. The summed E-state index contributed by atoms with van der Waals surface area (Å²) in [6, 6.07) is 3.63. The average Bonchev–Trinajstić information content (AvgIpc) is 2.61. The fourth-order valence-corrected chi connectivity index (χ4v) is 2.46. The van der Waals surface area contributed by atoms with Gasteiger partial charge in [0.15, 0.2) is 0 Å². The summed E-state index contributed by atoms with van der Waals surface area (Å²) in [5.41, 5.74) is 1.74. The van der Waals surface area contributed by atoms with E-state index in [-0.39, 0.29) is 42.7 Å². The van der Waals surface area contributed by atoms with Crippen LogP contribution in [0, 0.1) is 6.92 Å². The normalized spacial score (nSPS) is 9.85. The molecule has 0 aliphatic carbocycles. The monoisotopic (exact) mass is 415 g/mol. The van der Waals surface area contributed by atoms with Crippen LogP contribution in [0.2, 0.25) is 0 Å². The zero-order chi connectivity index (χ0) is 18.1. The predicted octanol–water partition coefficient (Wildman–Crippen LogP) is 2.03. The maximum absolute atomic E-state index is 12.3. The van der Waals surface area contributed by atoms with Crippen LogP contribution < -0.4 is 16.2 Å². The number of aryl methyl sites for hydroxylation is 1. The number of rotatable bonds is 9. The Balaban J connectivity index is 0.00000338. The van der Waals surface area contributed by atoms with E-state index in [1.807, 2.05) is 6.07 Å². The van der Waals surface area contributed by atoms with Crippen LogP contribution in [0.5, 0.6) is 0 Å². The Bertz CT molecular complexity index is 753. The number of carbonyl (C=O) groups excluding carboxylic acids is 1. The van der Waals surface area contributed by atoms with Gasteiger partial charge in [-0.1, -0.05) is 6.92 Å². The number of nitrogens with zero attached hydrogens (tertiary/aromatic N) is 2. The Morgan fingerprint density at radius 1 is 1.22 bits per heavy atom. The van der Waals surface area contributed by atoms with Crippen LogP contribution in [-0.2, 0) is 11.2 Å². The first kappa shape index (κ1) is 25.0. The fraction of sp³-hybridized carbons (Fsp3) is 0.444. The van der Waals surface area contributed by atoms with Crippen molar-refractivity contribution in [2.75, 3.05) is 19.6 Å². The van der Waals surface area contributed by atoms with E-state index in [9.17, 15) is 9.59 Å². The molecule has 0 bridgehead atoms. The molecule has 7 nitrogen and oxygen atoms in total. The van der Waals surface area contributed by atoms with Gasteiger partial charge in [0.1, 0.15) is 5.82 Å². The summed E-state index contributed by atoms with van der Waals surface area (Å²) < 4.78 is 0. The van der Waals surface area contributed by atoms with Crippen LogP contribution in [-0.4, -0.2) is 40.5 Å². The molecule has 3 N–H and O–H groups in total. The summed E-state index contributed by atoms with van der Waals surface area (Å²) in [6.07, 6.45) is 5.02. The molecule has 2 rings (SSSR count). The molecule has 150 valence electrons. The zero-order valence-corrected chi connectivity index (χ0v) is 17.2. The maximum Gasteiger partial charge on any atom is 0.254 e. The first-order valence-electron chi connectivity index (χ1n) is 8.59. The molecule has 27 heavy (non-hydrogen) atoms. The summed E-state index contributed by atoms with van der Waals surface area (Å²) in [5, 5.41) is 6.07. The Morgan fingerprint density at radius 3 is 2.63 bits per heavy atom. The molecule has 0 radical (unpaired) electrons. The largest absolute Gasteiger partial charge is 0.355 e. The van der Waals surface area contributed by atoms with Crippen molar-refractivity contribution in [1.29, 1.82) is 0 Å². The molecule has 0 unspecified atom stereocenters. The van der Waals surface area contributed by atoms with Crippen molar-refractivity contribution in [1.82, 2.24) is 25.6 Å². The number of halogens is 2. The van der Waals surface area contributed by atoms with E-state index in [4.69, 9.17) is 0 Å². The van der Waals surface area contributed by atoms with E-state index in [2.05, 4.69) is 32.5 Å². The summed E-state index contributed by atoms with van der Waals surface area (Å²) in [7, 11) is 0. The van der Waals surface area contributed by atoms with Crippen LogP contribution in [0.3, 0.4) is 0 Å². The summed E-state index contributed by atoms with van der Waals surface area (Å²) >= 11 is 0. The van der Waals surface area contributed by atoms with Crippen molar-refractivity contribution in [3.05, 3.63) is 46.1 Å². The van der Waals surface area contributed by atoms with Gasteiger partial charge in [-0.15, -0.1) is 24.8 Å². The molecule has 2 heterocycles. The molecule has 0 aromatic carbocycles. The van der Waals surface area contributed by atoms with Gasteiger partial charge in [-0.25, -0.2) is 4.98 Å². The Morgan fingerprint density at radius 2 is 2.00 bits per heavy atom. The highest BCUT2D eigenvalue weighted by Gasteiger charge is 2.11. The SMILES string of the molecule is CCCNCCNC(=O)CCc1c(C)nc(-c2cccnc2)[nH]c1=O.Cl.Cl. The minimum Gasteiger partial charge on any atom is -0.355 e. The van der Waals surface area contributed by atoms with Gasteiger partial charge in [0.05, 0.1) is 0 Å². The molecule has 0 saturated carbocycles. The molecule has 0 saturated heterocycles. The second-order valence-electron chi connectivity index (χ2n) is 5.82. The molecular formula is C18H27Cl2N5O2. The highest BCUT2D eigenvalue weighted by Crippen LogP contribution is 2.13. The first-order chi connectivity index (χ1) is 12.1. The summed E-state index contributed by atoms with van der Waals surface area (Å²) in [6.45, 7) is 6.17. The number of aromatic amines is 1. The van der Waals surface area contributed by atoms with Crippen LogP contribution in [0.1, 0.15) is 31.0 Å². The molecule has 0 aliphatic heterocycles. The highest BCUT2D eigenvalue weighted by atomic mass is 35.5. The van der Waals surface area contributed by atoms with Crippen LogP contribution in [0.15, 0.2) is 29.3 Å². The minimum atomic E-state index is -0.205. The molecule has 0 atom stereocenters. The Kier molecular flexibility index (Phi) is 12.3. The van der Waals surface area contributed by atoms with Crippen LogP contribution in [0.25, 0.3) is 11.4 Å². The van der Waals surface area contributed by atoms with Gasteiger partial charge in [0, 0.05) is 48.7 Å². The van der Waals surface area contributed by atoms with E-state index in [1.54, 1.807) is 25.4 Å². The van der Waals surface area contributed by atoms with Gasteiger partial charge in [0.25, 0.3) is 5.56 Å². The Hall–Kier alpha value is -1.96. The van der Waals surface area contributed by atoms with Gasteiger partial charge >= 0.3 is 0 Å². The van der Waals surface area contributed by atoms with Gasteiger partial charge < -0.3 is 15.6 Å². The molecule has 1 amide bonds. The van der Waals surface area contributed by atoms with E-state index >= 15 is 0 Å². The van der Waals surface area contributed by atoms with Crippen molar-refractivity contribution in [2.45, 2.75) is 33.1 Å². The number of amides is 1. The quantitative estimate of drug-likeness (QED) is 0.544. The van der Waals surface area contributed by atoms with Crippen LogP contribution >= 0.6 is 24.8 Å². The van der Waals surface area contributed by atoms with Crippen LogP contribution in [0.4, 0.5) is 0 Å². The van der Waals surface area contributed by atoms with E-state index in [0.717, 1.165) is 25.1 Å². The highest BCUT2D eigenvalue weighted by molar-refractivity contribution is 5.85.